The molecule has 0 aromatic heterocycles. The van der Waals surface area contributed by atoms with Crippen LogP contribution in [0.5, 0.6) is 0 Å². The summed E-state index contributed by atoms with van der Waals surface area (Å²) < 4.78 is 0. The third-order valence-electron chi connectivity index (χ3n) is 5.32. The van der Waals surface area contributed by atoms with Crippen molar-refractivity contribution in [3.8, 4) is 0 Å². The summed E-state index contributed by atoms with van der Waals surface area (Å²) >= 11 is 0. The lowest BCUT2D eigenvalue weighted by Gasteiger charge is -2.27. The molecular formula is C20H33N3O2. The second kappa shape index (κ2) is 8.54. The smallest absolute Gasteiger partial charge is 0.317 e. The van der Waals surface area contributed by atoms with Crippen molar-refractivity contribution >= 4 is 11.9 Å². The number of rotatable bonds is 7. The van der Waals surface area contributed by atoms with Crippen molar-refractivity contribution in [2.45, 2.75) is 52.9 Å². The van der Waals surface area contributed by atoms with Crippen LogP contribution in [0.2, 0.25) is 0 Å². The predicted molar refractivity (Wildman–Crippen MR) is 101 cm³/mol. The minimum absolute atomic E-state index is 0.0384. The van der Waals surface area contributed by atoms with Crippen LogP contribution in [0.25, 0.3) is 0 Å². The fourth-order valence-electron chi connectivity index (χ4n) is 3.45. The summed E-state index contributed by atoms with van der Waals surface area (Å²) in [7, 11) is 0. The molecule has 1 fully saturated rings. The van der Waals surface area contributed by atoms with Gasteiger partial charge in [-0.05, 0) is 36.7 Å². The monoisotopic (exact) mass is 347 g/mol. The van der Waals surface area contributed by atoms with Gasteiger partial charge in [0.1, 0.15) is 0 Å². The molecule has 1 unspecified atom stereocenters. The average molecular weight is 348 g/mol. The highest BCUT2D eigenvalue weighted by Crippen LogP contribution is 2.33. The zero-order valence-electron chi connectivity index (χ0n) is 16.0. The summed E-state index contributed by atoms with van der Waals surface area (Å²) in [5.41, 5.74) is 1.06. The molecule has 1 N–H and O–H groups in total. The average Bonchev–Trinajstić information content (AvgIpc) is 3.15. The van der Waals surface area contributed by atoms with E-state index in [4.69, 9.17) is 0 Å². The first-order chi connectivity index (χ1) is 11.8. The minimum atomic E-state index is 0.0384. The number of unbranched alkanes of at least 4 members (excludes halogenated alkanes) is 3. The van der Waals surface area contributed by atoms with Gasteiger partial charge in [0, 0.05) is 38.0 Å². The molecule has 3 amide bonds. The predicted octanol–water partition coefficient (Wildman–Crippen LogP) is 3.54. The van der Waals surface area contributed by atoms with Gasteiger partial charge in [0.2, 0.25) is 0 Å². The van der Waals surface area contributed by atoms with Crippen LogP contribution >= 0.6 is 0 Å². The molecule has 0 spiro atoms. The Kier molecular flexibility index (Phi) is 6.68. The highest BCUT2D eigenvalue weighted by Gasteiger charge is 2.33. The van der Waals surface area contributed by atoms with Gasteiger partial charge in [-0.2, -0.15) is 0 Å². The molecule has 0 aliphatic carbocycles. The number of nitrogens with one attached hydrogen (secondary N) is 1. The van der Waals surface area contributed by atoms with Gasteiger partial charge in [-0.3, -0.25) is 4.79 Å². The molecule has 5 heteroatoms. The normalized spacial score (nSPS) is 20.7. The van der Waals surface area contributed by atoms with Gasteiger partial charge < -0.3 is 15.1 Å². The third-order valence-corrected chi connectivity index (χ3v) is 5.32. The SMILES string of the molecule is C=C1C=CC(=O)N1CCCCCCNC(=O)N1CCC(C(C)(C)C)C1. The molecule has 0 saturated carbocycles. The molecular weight excluding hydrogens is 314 g/mol. The summed E-state index contributed by atoms with van der Waals surface area (Å²) in [5.74, 6) is 0.632. The zero-order valence-corrected chi connectivity index (χ0v) is 16.0. The molecule has 140 valence electrons. The number of amides is 3. The Morgan fingerprint density at radius 1 is 1.24 bits per heavy atom. The van der Waals surface area contributed by atoms with Crippen LogP contribution in [0.15, 0.2) is 24.4 Å². The van der Waals surface area contributed by atoms with Crippen molar-refractivity contribution in [1.29, 1.82) is 0 Å². The second-order valence-corrected chi connectivity index (χ2v) is 8.26. The Labute approximate surface area is 152 Å². The molecule has 0 bridgehead atoms. The molecule has 0 aromatic rings. The van der Waals surface area contributed by atoms with Crippen LogP contribution < -0.4 is 5.32 Å². The number of carbonyl (C=O) groups excluding carboxylic acids is 2. The van der Waals surface area contributed by atoms with Crippen molar-refractivity contribution < 1.29 is 9.59 Å². The van der Waals surface area contributed by atoms with Crippen molar-refractivity contribution in [2.75, 3.05) is 26.2 Å². The lowest BCUT2D eigenvalue weighted by molar-refractivity contribution is -0.123. The quantitative estimate of drug-likeness (QED) is 0.716. The van der Waals surface area contributed by atoms with E-state index in [0.717, 1.165) is 64.0 Å². The van der Waals surface area contributed by atoms with Crippen LogP contribution in [0, 0.1) is 11.3 Å². The fraction of sp³-hybridized carbons (Fsp3) is 0.700. The van der Waals surface area contributed by atoms with Crippen molar-refractivity contribution in [1.82, 2.24) is 15.1 Å². The van der Waals surface area contributed by atoms with Gasteiger partial charge in [-0.25, -0.2) is 4.79 Å². The molecule has 0 radical (unpaired) electrons. The van der Waals surface area contributed by atoms with Crippen LogP contribution in [0.4, 0.5) is 4.79 Å². The first-order valence-electron chi connectivity index (χ1n) is 9.50. The molecule has 2 aliphatic rings. The van der Waals surface area contributed by atoms with E-state index >= 15 is 0 Å². The molecule has 5 nitrogen and oxygen atoms in total. The lowest BCUT2D eigenvalue weighted by Crippen LogP contribution is -2.39. The summed E-state index contributed by atoms with van der Waals surface area (Å²) in [6.07, 6.45) is 8.51. The molecule has 25 heavy (non-hydrogen) atoms. The van der Waals surface area contributed by atoms with Crippen LogP contribution in [-0.2, 0) is 4.79 Å². The first-order valence-corrected chi connectivity index (χ1v) is 9.50. The van der Waals surface area contributed by atoms with E-state index in [0.29, 0.717) is 5.92 Å². The number of likely N-dealkylation sites (tertiary alicyclic amines) is 1. The topological polar surface area (TPSA) is 52.7 Å². The number of hydrogen-bond donors (Lipinski definition) is 1. The molecule has 1 saturated heterocycles. The zero-order chi connectivity index (χ0) is 18.4. The maximum Gasteiger partial charge on any atom is 0.317 e. The Bertz CT molecular complexity index is 516. The molecule has 2 heterocycles. The van der Waals surface area contributed by atoms with E-state index in [-0.39, 0.29) is 17.4 Å². The summed E-state index contributed by atoms with van der Waals surface area (Å²) in [4.78, 5) is 27.4. The lowest BCUT2D eigenvalue weighted by atomic mass is 9.80. The van der Waals surface area contributed by atoms with Gasteiger partial charge in [-0.15, -0.1) is 0 Å². The van der Waals surface area contributed by atoms with Gasteiger partial charge in [-0.1, -0.05) is 40.2 Å². The van der Waals surface area contributed by atoms with E-state index in [1.807, 2.05) is 4.90 Å². The fourth-order valence-corrected chi connectivity index (χ4v) is 3.45. The first kappa shape index (κ1) is 19.5. The number of carbonyl (C=O) groups is 2. The van der Waals surface area contributed by atoms with Gasteiger partial charge >= 0.3 is 6.03 Å². The Morgan fingerprint density at radius 2 is 1.96 bits per heavy atom. The van der Waals surface area contributed by atoms with Crippen LogP contribution in [0.3, 0.4) is 0 Å². The Hall–Kier alpha value is -1.78. The largest absolute Gasteiger partial charge is 0.338 e. The van der Waals surface area contributed by atoms with Gasteiger partial charge in [0.25, 0.3) is 5.91 Å². The van der Waals surface area contributed by atoms with E-state index in [1.165, 1.54) is 0 Å². The molecule has 2 rings (SSSR count). The number of nitrogens with zero attached hydrogens (tertiary/aromatic N) is 2. The Balaban J connectivity index is 1.51. The maximum atomic E-state index is 12.2. The standard InChI is InChI=1S/C20H33N3O2/c1-16-9-10-18(24)23(16)13-8-6-5-7-12-21-19(25)22-14-11-17(15-22)20(2,3)4/h9-10,17H,1,5-8,11-15H2,2-4H3,(H,21,25). The molecule has 1 atom stereocenters. The summed E-state index contributed by atoms with van der Waals surface area (Å²) in [6, 6.07) is 0.0804. The highest BCUT2D eigenvalue weighted by molar-refractivity contribution is 5.92. The van der Waals surface area contributed by atoms with Crippen molar-refractivity contribution in [3.05, 3.63) is 24.4 Å². The van der Waals surface area contributed by atoms with Gasteiger partial charge in [0.05, 0.1) is 0 Å². The summed E-state index contributed by atoms with van der Waals surface area (Å²) in [6.45, 7) is 13.8. The van der Waals surface area contributed by atoms with E-state index in [1.54, 1.807) is 17.1 Å². The van der Waals surface area contributed by atoms with Crippen LogP contribution in [0.1, 0.15) is 52.9 Å². The molecule has 0 aromatic carbocycles. The maximum absolute atomic E-state index is 12.2. The number of allylic oxidation sites excluding steroid dienone is 1. The molecule has 2 aliphatic heterocycles. The van der Waals surface area contributed by atoms with Gasteiger partial charge in [0.15, 0.2) is 0 Å². The van der Waals surface area contributed by atoms with E-state index < -0.39 is 0 Å². The number of hydrogen-bond acceptors (Lipinski definition) is 2. The highest BCUT2D eigenvalue weighted by atomic mass is 16.2. The van der Waals surface area contributed by atoms with E-state index in [9.17, 15) is 9.59 Å². The van der Waals surface area contributed by atoms with E-state index in [2.05, 4.69) is 32.7 Å². The van der Waals surface area contributed by atoms with Crippen LogP contribution in [-0.4, -0.2) is 47.9 Å². The number of urea groups is 1. The van der Waals surface area contributed by atoms with Crippen molar-refractivity contribution in [3.63, 3.8) is 0 Å². The van der Waals surface area contributed by atoms with Crippen molar-refractivity contribution in [2.24, 2.45) is 11.3 Å². The Morgan fingerprint density at radius 3 is 2.56 bits per heavy atom. The minimum Gasteiger partial charge on any atom is -0.338 e. The second-order valence-electron chi connectivity index (χ2n) is 8.26. The third kappa shape index (κ3) is 5.62. The summed E-state index contributed by atoms with van der Waals surface area (Å²) in [5, 5.41) is 3.04.